The second-order valence-corrected chi connectivity index (χ2v) is 6.10. The summed E-state index contributed by atoms with van der Waals surface area (Å²) in [6, 6.07) is 8.78. The SMILES string of the molecule is CC[C@H]1CN2CCc3c([nH]c4ccccc34)[C@H]2CC1=O. The largest absolute Gasteiger partial charge is 0.357 e. The molecule has 104 valence electrons. The van der Waals surface area contributed by atoms with Crippen LogP contribution in [0.4, 0.5) is 0 Å². The smallest absolute Gasteiger partial charge is 0.139 e. The van der Waals surface area contributed by atoms with Gasteiger partial charge < -0.3 is 4.98 Å². The van der Waals surface area contributed by atoms with E-state index >= 15 is 0 Å². The van der Waals surface area contributed by atoms with Crippen molar-refractivity contribution < 1.29 is 4.79 Å². The third-order valence-corrected chi connectivity index (χ3v) is 5.07. The van der Waals surface area contributed by atoms with E-state index in [2.05, 4.69) is 41.1 Å². The molecule has 0 spiro atoms. The fourth-order valence-electron chi connectivity index (χ4n) is 3.92. The van der Waals surface area contributed by atoms with Gasteiger partial charge in [-0.2, -0.15) is 0 Å². The number of aromatic nitrogens is 1. The van der Waals surface area contributed by atoms with Gasteiger partial charge in [0.15, 0.2) is 0 Å². The summed E-state index contributed by atoms with van der Waals surface area (Å²) in [6.45, 7) is 4.15. The first-order valence-electron chi connectivity index (χ1n) is 7.64. The van der Waals surface area contributed by atoms with Gasteiger partial charge in [0.25, 0.3) is 0 Å². The average molecular weight is 268 g/mol. The molecule has 3 heterocycles. The van der Waals surface area contributed by atoms with E-state index in [4.69, 9.17) is 0 Å². The third kappa shape index (κ3) is 1.66. The molecule has 3 heteroatoms. The van der Waals surface area contributed by atoms with Gasteiger partial charge in [0.05, 0.1) is 6.04 Å². The molecule has 1 N–H and O–H groups in total. The van der Waals surface area contributed by atoms with E-state index in [0.717, 1.165) is 25.9 Å². The first kappa shape index (κ1) is 12.2. The van der Waals surface area contributed by atoms with Crippen LogP contribution in [0.15, 0.2) is 24.3 Å². The van der Waals surface area contributed by atoms with Crippen LogP contribution in [0.3, 0.4) is 0 Å². The summed E-state index contributed by atoms with van der Waals surface area (Å²) < 4.78 is 0. The van der Waals surface area contributed by atoms with Crippen LogP contribution in [-0.4, -0.2) is 28.8 Å². The van der Waals surface area contributed by atoms with Gasteiger partial charge in [-0.25, -0.2) is 0 Å². The Morgan fingerprint density at radius 3 is 3.05 bits per heavy atom. The second kappa shape index (κ2) is 4.45. The molecular weight excluding hydrogens is 248 g/mol. The Kier molecular flexibility index (Phi) is 2.71. The second-order valence-electron chi connectivity index (χ2n) is 6.10. The number of carbonyl (C=O) groups excluding carboxylic acids is 1. The predicted molar refractivity (Wildman–Crippen MR) is 79.7 cm³/mol. The van der Waals surface area contributed by atoms with E-state index in [0.29, 0.717) is 12.2 Å². The Labute approximate surface area is 119 Å². The number of ketones is 1. The monoisotopic (exact) mass is 268 g/mol. The number of piperidine rings is 1. The van der Waals surface area contributed by atoms with Crippen LogP contribution in [0.1, 0.15) is 37.1 Å². The fraction of sp³-hybridized carbons (Fsp3) is 0.471. The van der Waals surface area contributed by atoms with Crippen molar-refractivity contribution in [3.8, 4) is 0 Å². The van der Waals surface area contributed by atoms with Crippen molar-refractivity contribution in [2.75, 3.05) is 13.1 Å². The number of carbonyl (C=O) groups is 1. The molecule has 0 saturated carbocycles. The molecule has 1 fully saturated rings. The first-order chi connectivity index (χ1) is 9.78. The fourth-order valence-corrected chi connectivity index (χ4v) is 3.92. The highest BCUT2D eigenvalue weighted by molar-refractivity contribution is 5.87. The number of hydrogen-bond acceptors (Lipinski definition) is 2. The molecule has 1 aromatic heterocycles. The summed E-state index contributed by atoms with van der Waals surface area (Å²) >= 11 is 0. The summed E-state index contributed by atoms with van der Waals surface area (Å²) in [5, 5.41) is 1.34. The highest BCUT2D eigenvalue weighted by Gasteiger charge is 2.38. The van der Waals surface area contributed by atoms with E-state index in [9.17, 15) is 4.79 Å². The number of Topliss-reactive ketones (excluding diaryl/α,β-unsaturated/α-hetero) is 1. The first-order valence-corrected chi connectivity index (χ1v) is 7.64. The van der Waals surface area contributed by atoms with E-state index < -0.39 is 0 Å². The van der Waals surface area contributed by atoms with Crippen LogP contribution in [-0.2, 0) is 11.2 Å². The molecule has 4 rings (SSSR count). The zero-order chi connectivity index (χ0) is 13.7. The molecule has 0 aliphatic carbocycles. The summed E-state index contributed by atoms with van der Waals surface area (Å²) in [5.74, 6) is 0.692. The van der Waals surface area contributed by atoms with Gasteiger partial charge in [-0.15, -0.1) is 0 Å². The minimum atomic E-state index is 0.247. The lowest BCUT2D eigenvalue weighted by Gasteiger charge is -2.41. The molecule has 0 amide bonds. The maximum atomic E-state index is 12.3. The van der Waals surface area contributed by atoms with Crippen LogP contribution in [0.5, 0.6) is 0 Å². The zero-order valence-electron chi connectivity index (χ0n) is 11.9. The van der Waals surface area contributed by atoms with Crippen LogP contribution in [0.2, 0.25) is 0 Å². The van der Waals surface area contributed by atoms with Gasteiger partial charge in [0.1, 0.15) is 5.78 Å². The standard InChI is InChI=1S/C17H20N2O/c1-2-11-10-19-8-7-13-12-5-3-4-6-14(12)18-17(13)15(19)9-16(11)20/h3-6,11,15,18H,2,7-10H2,1H3/t11-,15+/m0/s1. The van der Waals surface area contributed by atoms with E-state index in [1.54, 1.807) is 0 Å². The third-order valence-electron chi connectivity index (χ3n) is 5.07. The molecule has 2 atom stereocenters. The van der Waals surface area contributed by atoms with Crippen LogP contribution >= 0.6 is 0 Å². The minimum Gasteiger partial charge on any atom is -0.357 e. The van der Waals surface area contributed by atoms with Gasteiger partial charge in [-0.05, 0) is 24.5 Å². The Hall–Kier alpha value is -1.61. The van der Waals surface area contributed by atoms with Crippen LogP contribution < -0.4 is 0 Å². The quantitative estimate of drug-likeness (QED) is 0.863. The van der Waals surface area contributed by atoms with E-state index in [-0.39, 0.29) is 12.0 Å². The Balaban J connectivity index is 1.78. The number of nitrogens with one attached hydrogen (secondary N) is 1. The van der Waals surface area contributed by atoms with Gasteiger partial charge in [0, 0.05) is 42.0 Å². The molecule has 1 aromatic carbocycles. The normalized spacial score (nSPS) is 26.6. The highest BCUT2D eigenvalue weighted by atomic mass is 16.1. The molecule has 0 radical (unpaired) electrons. The lowest BCUT2D eigenvalue weighted by atomic mass is 9.84. The highest BCUT2D eigenvalue weighted by Crippen LogP contribution is 2.39. The maximum Gasteiger partial charge on any atom is 0.139 e. The summed E-state index contributed by atoms with van der Waals surface area (Å²) in [6.07, 6.45) is 2.75. The van der Waals surface area contributed by atoms with Gasteiger partial charge in [-0.3, -0.25) is 9.69 Å². The number of H-pyrrole nitrogens is 1. The molecule has 3 nitrogen and oxygen atoms in total. The minimum absolute atomic E-state index is 0.247. The van der Waals surface area contributed by atoms with Crippen molar-refractivity contribution in [2.24, 2.45) is 5.92 Å². The van der Waals surface area contributed by atoms with Gasteiger partial charge in [-0.1, -0.05) is 25.1 Å². The van der Waals surface area contributed by atoms with E-state index in [1.165, 1.54) is 22.2 Å². The predicted octanol–water partition coefficient (Wildman–Crippen LogP) is 3.07. The van der Waals surface area contributed by atoms with E-state index in [1.807, 2.05) is 0 Å². The van der Waals surface area contributed by atoms with Crippen molar-refractivity contribution >= 4 is 16.7 Å². The van der Waals surface area contributed by atoms with Crippen molar-refractivity contribution in [3.63, 3.8) is 0 Å². The average Bonchev–Trinajstić information content (AvgIpc) is 2.85. The Morgan fingerprint density at radius 1 is 1.35 bits per heavy atom. The zero-order valence-corrected chi connectivity index (χ0v) is 11.9. The van der Waals surface area contributed by atoms with Crippen molar-refractivity contribution in [3.05, 3.63) is 35.5 Å². The molecule has 0 bridgehead atoms. The van der Waals surface area contributed by atoms with Crippen molar-refractivity contribution in [1.82, 2.24) is 9.88 Å². The van der Waals surface area contributed by atoms with Crippen molar-refractivity contribution in [1.29, 1.82) is 0 Å². The molecule has 2 aliphatic heterocycles. The Bertz CT molecular complexity index is 673. The molecule has 1 saturated heterocycles. The number of hydrogen-bond donors (Lipinski definition) is 1. The lowest BCUT2D eigenvalue weighted by Crippen LogP contribution is -2.46. The molecule has 2 aromatic rings. The Morgan fingerprint density at radius 2 is 2.20 bits per heavy atom. The number of aromatic amines is 1. The topological polar surface area (TPSA) is 36.1 Å². The van der Waals surface area contributed by atoms with Crippen LogP contribution in [0.25, 0.3) is 10.9 Å². The van der Waals surface area contributed by atoms with Gasteiger partial charge >= 0.3 is 0 Å². The molecule has 0 unspecified atom stereocenters. The number of nitrogens with zero attached hydrogens (tertiary/aromatic N) is 1. The van der Waals surface area contributed by atoms with Gasteiger partial charge in [0.2, 0.25) is 0 Å². The lowest BCUT2D eigenvalue weighted by molar-refractivity contribution is -0.128. The molecule has 2 aliphatic rings. The number of fused-ring (bicyclic) bond motifs is 5. The van der Waals surface area contributed by atoms with Crippen LogP contribution in [0, 0.1) is 5.92 Å². The number of rotatable bonds is 1. The summed E-state index contributed by atoms with van der Waals surface area (Å²) in [7, 11) is 0. The molecular formula is C17H20N2O. The number of benzene rings is 1. The number of para-hydroxylation sites is 1. The summed E-state index contributed by atoms with van der Waals surface area (Å²) in [5.41, 5.74) is 3.94. The maximum absolute atomic E-state index is 12.3. The summed E-state index contributed by atoms with van der Waals surface area (Å²) in [4.78, 5) is 18.3. The van der Waals surface area contributed by atoms with Crippen molar-refractivity contribution in [2.45, 2.75) is 32.2 Å². The molecule has 20 heavy (non-hydrogen) atoms.